The largest absolute Gasteiger partial charge is 0.459 e. The summed E-state index contributed by atoms with van der Waals surface area (Å²) in [6.45, 7) is 18.8. The van der Waals surface area contributed by atoms with Crippen LogP contribution in [0, 0.1) is 11.8 Å². The number of esters is 2. The molecule has 2 heterocycles. The molecule has 242 valence electrons. The van der Waals surface area contributed by atoms with Crippen molar-refractivity contribution in [2.24, 2.45) is 11.8 Å². The summed E-state index contributed by atoms with van der Waals surface area (Å²) in [5, 5.41) is 22.0. The number of hydrogen-bond donors (Lipinski definition) is 2. The zero-order chi connectivity index (χ0) is 32.5. The molecule has 0 bridgehead atoms. The number of carbonyl (C=O) groups excluding carboxylic acids is 2. The minimum absolute atomic E-state index is 0.0527. The van der Waals surface area contributed by atoms with Crippen LogP contribution in [0.5, 0.6) is 0 Å². The lowest BCUT2D eigenvalue weighted by Gasteiger charge is -2.47. The summed E-state index contributed by atoms with van der Waals surface area (Å²) in [5.41, 5.74) is 2.56. The van der Waals surface area contributed by atoms with Crippen LogP contribution in [0.4, 0.5) is 0 Å². The minimum atomic E-state index is -1.43. The summed E-state index contributed by atoms with van der Waals surface area (Å²) in [4.78, 5) is 24.3. The highest BCUT2D eigenvalue weighted by molar-refractivity contribution is 5.88. The predicted octanol–water partition coefficient (Wildman–Crippen LogP) is 6.28. The molecule has 8 heteroatoms. The molecular formula is C35H54O8. The van der Waals surface area contributed by atoms with Gasteiger partial charge in [0, 0.05) is 24.8 Å². The van der Waals surface area contributed by atoms with E-state index in [1.54, 1.807) is 26.8 Å². The lowest BCUT2D eigenvalue weighted by Crippen LogP contribution is -2.64. The Morgan fingerprint density at radius 3 is 2.33 bits per heavy atom. The Kier molecular flexibility index (Phi) is 14.1. The normalized spacial score (nSPS) is 38.7. The van der Waals surface area contributed by atoms with Crippen LogP contribution in [0.1, 0.15) is 94.9 Å². The third-order valence-electron chi connectivity index (χ3n) is 8.36. The molecule has 0 amide bonds. The molecule has 0 saturated carbocycles. The van der Waals surface area contributed by atoms with Gasteiger partial charge >= 0.3 is 11.9 Å². The van der Waals surface area contributed by atoms with Gasteiger partial charge in [-0.3, -0.25) is 4.79 Å². The van der Waals surface area contributed by atoms with E-state index in [4.69, 9.17) is 18.9 Å². The summed E-state index contributed by atoms with van der Waals surface area (Å²) in [6.07, 6.45) is 9.14. The average molecular weight is 603 g/mol. The average Bonchev–Trinajstić information content (AvgIpc) is 2.94. The van der Waals surface area contributed by atoms with E-state index in [-0.39, 0.29) is 23.9 Å². The quantitative estimate of drug-likeness (QED) is 0.279. The number of allylic oxidation sites excluding steroid dienone is 6. The fourth-order valence-corrected chi connectivity index (χ4v) is 5.41. The Labute approximate surface area is 258 Å². The van der Waals surface area contributed by atoms with E-state index < -0.39 is 42.3 Å². The van der Waals surface area contributed by atoms with Gasteiger partial charge in [0.2, 0.25) is 0 Å². The molecule has 8 atom stereocenters. The number of aliphatic hydroxyl groups excluding tert-OH is 2. The van der Waals surface area contributed by atoms with Gasteiger partial charge in [0.1, 0.15) is 23.9 Å². The number of aliphatic hydroxyl groups is 2. The van der Waals surface area contributed by atoms with Crippen molar-refractivity contribution in [2.75, 3.05) is 0 Å². The lowest BCUT2D eigenvalue weighted by atomic mass is 9.87. The number of rotatable bonds is 5. The molecule has 8 nitrogen and oxygen atoms in total. The van der Waals surface area contributed by atoms with Crippen molar-refractivity contribution in [1.29, 1.82) is 0 Å². The Hall–Kier alpha value is -2.52. The molecule has 43 heavy (non-hydrogen) atoms. The maximum atomic E-state index is 12.6. The van der Waals surface area contributed by atoms with E-state index in [9.17, 15) is 19.8 Å². The van der Waals surface area contributed by atoms with Gasteiger partial charge in [-0.15, -0.1) is 0 Å². The number of hydrogen-bond acceptors (Lipinski definition) is 8. The van der Waals surface area contributed by atoms with E-state index in [2.05, 4.69) is 39.0 Å². The minimum Gasteiger partial charge on any atom is -0.459 e. The van der Waals surface area contributed by atoms with Gasteiger partial charge in [-0.05, 0) is 72.3 Å². The molecule has 2 aliphatic heterocycles. The Balaban J connectivity index is 2.53. The van der Waals surface area contributed by atoms with Crippen molar-refractivity contribution < 1.29 is 38.7 Å². The highest BCUT2D eigenvalue weighted by Gasteiger charge is 2.52. The van der Waals surface area contributed by atoms with Crippen LogP contribution < -0.4 is 0 Å². The van der Waals surface area contributed by atoms with Crippen molar-refractivity contribution in [1.82, 2.24) is 0 Å². The molecule has 0 radical (unpaired) electrons. The SMILES string of the molecule is CCC1C/C=C(C)/C=C(\C)C(OC2OC(C)(C)C(OC(C)=O)C(O)C2O)C(CC)/C=C(\C)C(C)C/C=C/C=C(\C)C(=O)O1. The van der Waals surface area contributed by atoms with Crippen LogP contribution in [0.2, 0.25) is 0 Å². The first kappa shape index (κ1) is 36.7. The zero-order valence-corrected chi connectivity index (χ0v) is 27.8. The van der Waals surface area contributed by atoms with Crippen molar-refractivity contribution >= 4 is 11.9 Å². The van der Waals surface area contributed by atoms with Crippen LogP contribution in [0.3, 0.4) is 0 Å². The van der Waals surface area contributed by atoms with E-state index in [1.807, 2.05) is 32.9 Å². The molecule has 2 N–H and O–H groups in total. The second-order valence-electron chi connectivity index (χ2n) is 12.6. The predicted molar refractivity (Wildman–Crippen MR) is 168 cm³/mol. The second-order valence-corrected chi connectivity index (χ2v) is 12.6. The molecule has 0 spiro atoms. The molecule has 1 saturated heterocycles. The van der Waals surface area contributed by atoms with Crippen molar-refractivity contribution in [3.05, 3.63) is 58.7 Å². The number of ether oxygens (including phenoxy) is 4. The van der Waals surface area contributed by atoms with Gasteiger partial charge < -0.3 is 29.2 Å². The third kappa shape index (κ3) is 10.6. The molecular weight excluding hydrogens is 548 g/mol. The molecule has 1 fully saturated rings. The summed E-state index contributed by atoms with van der Waals surface area (Å²) in [6, 6.07) is 0. The maximum absolute atomic E-state index is 12.6. The zero-order valence-electron chi connectivity index (χ0n) is 27.8. The van der Waals surface area contributed by atoms with E-state index >= 15 is 0 Å². The highest BCUT2D eigenvalue weighted by Crippen LogP contribution is 2.35. The molecule has 0 aliphatic carbocycles. The first-order valence-electron chi connectivity index (χ1n) is 15.5. The monoisotopic (exact) mass is 602 g/mol. The van der Waals surface area contributed by atoms with Crippen LogP contribution in [0.15, 0.2) is 58.7 Å². The van der Waals surface area contributed by atoms with Crippen molar-refractivity contribution in [2.45, 2.75) is 137 Å². The molecule has 0 aromatic heterocycles. The van der Waals surface area contributed by atoms with Gasteiger partial charge in [-0.25, -0.2) is 4.79 Å². The molecule has 2 rings (SSSR count). The van der Waals surface area contributed by atoms with Crippen LogP contribution in [-0.4, -0.2) is 64.6 Å². The fraction of sp³-hybridized carbons (Fsp3) is 0.657. The topological polar surface area (TPSA) is 112 Å². The Morgan fingerprint density at radius 1 is 1.05 bits per heavy atom. The summed E-state index contributed by atoms with van der Waals surface area (Å²) >= 11 is 0. The first-order chi connectivity index (χ1) is 20.1. The van der Waals surface area contributed by atoms with E-state index in [0.717, 1.165) is 24.0 Å². The van der Waals surface area contributed by atoms with Crippen molar-refractivity contribution in [3.8, 4) is 0 Å². The van der Waals surface area contributed by atoms with Gasteiger partial charge in [-0.2, -0.15) is 0 Å². The van der Waals surface area contributed by atoms with Crippen molar-refractivity contribution in [3.63, 3.8) is 0 Å². The van der Waals surface area contributed by atoms with Gasteiger partial charge in [0.25, 0.3) is 0 Å². The molecule has 0 aromatic rings. The van der Waals surface area contributed by atoms with Crippen LogP contribution in [-0.2, 0) is 28.5 Å². The Morgan fingerprint density at radius 2 is 1.72 bits per heavy atom. The summed E-state index contributed by atoms with van der Waals surface area (Å²) < 4.78 is 23.8. The number of carbonyl (C=O) groups is 2. The standard InChI is InChI=1S/C35H54O8/c1-11-27-20-24(6)22(4)15-13-14-16-23(5)33(39)41-28(12-2)18-17-21(3)19-25(7)31(27)42-34-30(38)29(37)32(40-26(8)36)35(9,10)43-34/h13-14,16-17,19-20,22,27-32,34,37-38H,11-12,15,18H2,1-10H3/b14-13+,21-17+,23-16+,24-20+,25-19+. The van der Waals surface area contributed by atoms with Crippen LogP contribution >= 0.6 is 0 Å². The maximum Gasteiger partial charge on any atom is 0.333 e. The molecule has 0 aromatic carbocycles. The van der Waals surface area contributed by atoms with Gasteiger partial charge in [0.05, 0.1) is 6.10 Å². The first-order valence-corrected chi connectivity index (χ1v) is 15.5. The fourth-order valence-electron chi connectivity index (χ4n) is 5.41. The summed E-state index contributed by atoms with van der Waals surface area (Å²) in [5.74, 6) is -0.698. The Bertz CT molecular complexity index is 1110. The van der Waals surface area contributed by atoms with E-state index in [0.29, 0.717) is 18.4 Å². The summed E-state index contributed by atoms with van der Waals surface area (Å²) in [7, 11) is 0. The van der Waals surface area contributed by atoms with E-state index in [1.165, 1.54) is 12.5 Å². The number of cyclic esters (lactones) is 1. The van der Waals surface area contributed by atoms with Crippen LogP contribution in [0.25, 0.3) is 0 Å². The lowest BCUT2D eigenvalue weighted by molar-refractivity contribution is -0.333. The molecule has 2 aliphatic rings. The highest BCUT2D eigenvalue weighted by atomic mass is 16.7. The smallest absolute Gasteiger partial charge is 0.333 e. The third-order valence-corrected chi connectivity index (χ3v) is 8.36. The second kappa shape index (κ2) is 16.5. The van der Waals surface area contributed by atoms with Gasteiger partial charge in [-0.1, -0.05) is 68.4 Å². The molecule has 8 unspecified atom stereocenters. The van der Waals surface area contributed by atoms with Gasteiger partial charge in [0.15, 0.2) is 12.4 Å².